The first-order valence-corrected chi connectivity index (χ1v) is 4.65. The number of oxime groups is 1. The van der Waals surface area contributed by atoms with E-state index in [-0.39, 0.29) is 6.61 Å². The Morgan fingerprint density at radius 3 is 2.80 bits per heavy atom. The van der Waals surface area contributed by atoms with Crippen LogP contribution in [0.5, 0.6) is 0 Å². The molecular weight excluding hydrogens is 200 g/mol. The van der Waals surface area contributed by atoms with E-state index >= 15 is 0 Å². The molecular formula is C9H14N2O4. The van der Waals surface area contributed by atoms with Crippen LogP contribution in [0.4, 0.5) is 0 Å². The zero-order valence-corrected chi connectivity index (χ0v) is 8.86. The molecule has 6 heteroatoms. The summed E-state index contributed by atoms with van der Waals surface area (Å²) in [6.07, 6.45) is 0.803. The SMILES string of the molecule is CC(=O)OCC(=O)O/N=C1\CCN(C)C1. The summed E-state index contributed by atoms with van der Waals surface area (Å²) in [5.41, 5.74) is 0.827. The molecule has 0 radical (unpaired) electrons. The summed E-state index contributed by atoms with van der Waals surface area (Å²) < 4.78 is 4.45. The summed E-state index contributed by atoms with van der Waals surface area (Å²) in [5, 5.41) is 3.69. The van der Waals surface area contributed by atoms with Gasteiger partial charge in [0.25, 0.3) is 0 Å². The molecule has 1 saturated heterocycles. The molecule has 1 aliphatic heterocycles. The van der Waals surface area contributed by atoms with E-state index in [4.69, 9.17) is 0 Å². The monoisotopic (exact) mass is 214 g/mol. The number of carbonyl (C=O) groups excluding carboxylic acids is 2. The minimum absolute atomic E-state index is 0.387. The summed E-state index contributed by atoms with van der Waals surface area (Å²) in [7, 11) is 1.96. The highest BCUT2D eigenvalue weighted by molar-refractivity contribution is 5.88. The number of hydrogen-bond acceptors (Lipinski definition) is 6. The second-order valence-electron chi connectivity index (χ2n) is 3.39. The van der Waals surface area contributed by atoms with Crippen molar-refractivity contribution in [1.29, 1.82) is 0 Å². The number of ether oxygens (including phenoxy) is 1. The van der Waals surface area contributed by atoms with Crippen LogP contribution in [-0.4, -0.2) is 49.3 Å². The lowest BCUT2D eigenvalue weighted by molar-refractivity contribution is -0.157. The zero-order chi connectivity index (χ0) is 11.3. The summed E-state index contributed by atoms with van der Waals surface area (Å²) >= 11 is 0. The second-order valence-corrected chi connectivity index (χ2v) is 3.39. The van der Waals surface area contributed by atoms with Gasteiger partial charge in [0.05, 0.1) is 5.71 Å². The Bertz CT molecular complexity index is 288. The van der Waals surface area contributed by atoms with Crippen molar-refractivity contribution in [2.24, 2.45) is 5.16 Å². The molecule has 15 heavy (non-hydrogen) atoms. The molecule has 0 amide bonds. The Morgan fingerprint density at radius 1 is 1.53 bits per heavy atom. The lowest BCUT2D eigenvalue weighted by Gasteiger charge is -2.02. The minimum Gasteiger partial charge on any atom is -0.454 e. The van der Waals surface area contributed by atoms with Gasteiger partial charge in [-0.15, -0.1) is 0 Å². The van der Waals surface area contributed by atoms with Gasteiger partial charge in [0.2, 0.25) is 0 Å². The molecule has 0 bridgehead atoms. The van der Waals surface area contributed by atoms with Gasteiger partial charge >= 0.3 is 11.9 Å². The molecule has 1 aliphatic rings. The molecule has 0 spiro atoms. The Kier molecular flexibility index (Phi) is 4.23. The zero-order valence-electron chi connectivity index (χ0n) is 8.86. The van der Waals surface area contributed by atoms with Crippen molar-refractivity contribution in [3.05, 3.63) is 0 Å². The Morgan fingerprint density at radius 2 is 2.27 bits per heavy atom. The third-order valence-electron chi connectivity index (χ3n) is 1.90. The highest BCUT2D eigenvalue weighted by Gasteiger charge is 2.15. The fourth-order valence-corrected chi connectivity index (χ4v) is 1.17. The van der Waals surface area contributed by atoms with Crippen molar-refractivity contribution in [2.75, 3.05) is 26.7 Å². The fourth-order valence-electron chi connectivity index (χ4n) is 1.17. The van der Waals surface area contributed by atoms with Crippen LogP contribution >= 0.6 is 0 Å². The van der Waals surface area contributed by atoms with Gasteiger partial charge in [-0.2, -0.15) is 0 Å². The van der Waals surface area contributed by atoms with E-state index in [0.29, 0.717) is 6.54 Å². The largest absolute Gasteiger partial charge is 0.454 e. The summed E-state index contributed by atoms with van der Waals surface area (Å²) in [4.78, 5) is 28.0. The number of nitrogens with zero attached hydrogens (tertiary/aromatic N) is 2. The van der Waals surface area contributed by atoms with Crippen LogP contribution < -0.4 is 0 Å². The number of likely N-dealkylation sites (tertiary alicyclic amines) is 1. The molecule has 6 nitrogen and oxygen atoms in total. The molecule has 84 valence electrons. The van der Waals surface area contributed by atoms with E-state index in [0.717, 1.165) is 18.7 Å². The minimum atomic E-state index is -0.660. The van der Waals surface area contributed by atoms with Crippen LogP contribution in [0.1, 0.15) is 13.3 Å². The average Bonchev–Trinajstić information content (AvgIpc) is 2.58. The van der Waals surface area contributed by atoms with Gasteiger partial charge < -0.3 is 14.5 Å². The van der Waals surface area contributed by atoms with Crippen LogP contribution in [-0.2, 0) is 19.2 Å². The number of carbonyl (C=O) groups is 2. The predicted octanol–water partition coefficient (Wildman–Crippen LogP) is -0.216. The third-order valence-corrected chi connectivity index (χ3v) is 1.90. The van der Waals surface area contributed by atoms with Crippen LogP contribution in [0.2, 0.25) is 0 Å². The molecule has 1 fully saturated rings. The van der Waals surface area contributed by atoms with Gasteiger partial charge in [0.15, 0.2) is 6.61 Å². The quantitative estimate of drug-likeness (QED) is 0.369. The van der Waals surface area contributed by atoms with Crippen molar-refractivity contribution in [3.63, 3.8) is 0 Å². The Balaban J connectivity index is 2.24. The van der Waals surface area contributed by atoms with E-state index in [1.807, 2.05) is 7.05 Å². The van der Waals surface area contributed by atoms with Gasteiger partial charge in [-0.25, -0.2) is 4.79 Å². The van der Waals surface area contributed by atoms with Crippen molar-refractivity contribution in [1.82, 2.24) is 4.90 Å². The van der Waals surface area contributed by atoms with Crippen molar-refractivity contribution < 1.29 is 19.2 Å². The van der Waals surface area contributed by atoms with Gasteiger partial charge in [-0.1, -0.05) is 5.16 Å². The average molecular weight is 214 g/mol. The highest BCUT2D eigenvalue weighted by atomic mass is 16.7. The summed E-state index contributed by atoms with van der Waals surface area (Å²) in [6.45, 7) is 2.47. The maximum Gasteiger partial charge on any atom is 0.372 e. The van der Waals surface area contributed by atoms with Crippen molar-refractivity contribution in [2.45, 2.75) is 13.3 Å². The van der Waals surface area contributed by atoms with Gasteiger partial charge in [0.1, 0.15) is 0 Å². The second kappa shape index (κ2) is 5.45. The molecule has 0 aliphatic carbocycles. The van der Waals surface area contributed by atoms with E-state index in [9.17, 15) is 9.59 Å². The topological polar surface area (TPSA) is 68.2 Å². The Labute approximate surface area is 87.8 Å². The first kappa shape index (κ1) is 11.6. The van der Waals surface area contributed by atoms with Crippen molar-refractivity contribution in [3.8, 4) is 0 Å². The van der Waals surface area contributed by atoms with Gasteiger partial charge in [-0.3, -0.25) is 4.79 Å². The van der Waals surface area contributed by atoms with E-state index in [1.54, 1.807) is 0 Å². The molecule has 1 rings (SSSR count). The highest BCUT2D eigenvalue weighted by Crippen LogP contribution is 2.03. The van der Waals surface area contributed by atoms with Gasteiger partial charge in [-0.05, 0) is 7.05 Å². The third kappa shape index (κ3) is 4.55. The number of esters is 1. The molecule has 0 saturated carbocycles. The smallest absolute Gasteiger partial charge is 0.372 e. The molecule has 0 aromatic carbocycles. The molecule has 0 atom stereocenters. The van der Waals surface area contributed by atoms with Gasteiger partial charge in [0, 0.05) is 26.4 Å². The first-order valence-electron chi connectivity index (χ1n) is 4.65. The van der Waals surface area contributed by atoms with E-state index < -0.39 is 11.9 Å². The number of hydrogen-bond donors (Lipinski definition) is 0. The summed E-state index contributed by atoms with van der Waals surface area (Å²) in [6, 6.07) is 0. The maximum absolute atomic E-state index is 11.0. The van der Waals surface area contributed by atoms with E-state index in [2.05, 4.69) is 19.6 Å². The summed E-state index contributed by atoms with van der Waals surface area (Å²) in [5.74, 6) is -1.17. The van der Waals surface area contributed by atoms with Crippen LogP contribution in [0.3, 0.4) is 0 Å². The predicted molar refractivity (Wildman–Crippen MR) is 52.3 cm³/mol. The van der Waals surface area contributed by atoms with Crippen molar-refractivity contribution >= 4 is 17.7 Å². The molecule has 0 aromatic heterocycles. The van der Waals surface area contributed by atoms with Crippen LogP contribution in [0.15, 0.2) is 5.16 Å². The Hall–Kier alpha value is -1.43. The molecule has 0 aromatic rings. The standard InChI is InChI=1S/C9H14N2O4/c1-7(12)14-6-9(13)15-10-8-3-4-11(2)5-8/h3-6H2,1-2H3/b10-8+. The lowest BCUT2D eigenvalue weighted by atomic mass is 10.3. The van der Waals surface area contributed by atoms with Crippen LogP contribution in [0, 0.1) is 0 Å². The molecule has 0 N–H and O–H groups in total. The number of rotatable bonds is 3. The maximum atomic E-state index is 11.0. The lowest BCUT2D eigenvalue weighted by Crippen LogP contribution is -2.16. The first-order chi connectivity index (χ1) is 7.08. The normalized spacial score (nSPS) is 19.2. The molecule has 0 unspecified atom stereocenters. The fraction of sp³-hybridized carbons (Fsp3) is 0.667. The van der Waals surface area contributed by atoms with E-state index in [1.165, 1.54) is 6.92 Å². The molecule has 1 heterocycles. The van der Waals surface area contributed by atoms with Crippen LogP contribution in [0.25, 0.3) is 0 Å².